The van der Waals surface area contributed by atoms with E-state index in [9.17, 15) is 13.2 Å². The topological polar surface area (TPSA) is 93.5 Å². The van der Waals surface area contributed by atoms with Crippen LogP contribution >= 0.6 is 0 Å². The average Bonchev–Trinajstić information content (AvgIpc) is 3.25. The third kappa shape index (κ3) is 5.18. The number of pyridine rings is 1. The Kier molecular flexibility index (Phi) is 5.91. The minimum Gasteiger partial charge on any atom is -0.406 e. The van der Waals surface area contributed by atoms with Crippen molar-refractivity contribution in [3.05, 3.63) is 36.8 Å². The highest BCUT2D eigenvalue weighted by Crippen LogP contribution is 2.42. The van der Waals surface area contributed by atoms with E-state index in [4.69, 9.17) is 9.72 Å². The summed E-state index contributed by atoms with van der Waals surface area (Å²) in [6, 6.07) is 4.32. The van der Waals surface area contributed by atoms with Gasteiger partial charge in [-0.15, -0.1) is 13.2 Å². The number of halogens is 3. The molecule has 0 aliphatic carbocycles. The summed E-state index contributed by atoms with van der Waals surface area (Å²) in [6.07, 6.45) is 2.36. The molecule has 13 heteroatoms. The zero-order valence-corrected chi connectivity index (χ0v) is 20.3. The number of likely N-dealkylation sites (tertiary alicyclic amines) is 1. The first-order valence-corrected chi connectivity index (χ1v) is 12.2. The summed E-state index contributed by atoms with van der Waals surface area (Å²) in [7, 11) is 2.15. The van der Waals surface area contributed by atoms with Crippen molar-refractivity contribution in [2.75, 3.05) is 56.7 Å². The van der Waals surface area contributed by atoms with Crippen molar-refractivity contribution < 1.29 is 22.6 Å². The molecule has 3 aliphatic rings. The van der Waals surface area contributed by atoms with Gasteiger partial charge in [0.05, 0.1) is 31.0 Å². The van der Waals surface area contributed by atoms with E-state index in [2.05, 4.69) is 42.0 Å². The number of hydrogen-bond acceptors (Lipinski definition) is 9. The molecule has 0 aromatic carbocycles. The quantitative estimate of drug-likeness (QED) is 0.529. The van der Waals surface area contributed by atoms with E-state index in [1.165, 1.54) is 12.3 Å². The Balaban J connectivity index is 1.27. The van der Waals surface area contributed by atoms with Crippen molar-refractivity contribution in [3.63, 3.8) is 0 Å². The standard InChI is InChI=1S/C24H27F3N8O2/c1-33-6-3-23(4-7-33)14-34(15-23)21-9-20(30-19-8-18(2-5-28-19)37-24(25,26)27)31-22(32-21)16-10-29-35(11-16)17-12-36-13-17/h2,5,8-11,17H,3-4,6-7,12-15H2,1H3,(H,28,30,31,32). The van der Waals surface area contributed by atoms with E-state index < -0.39 is 6.36 Å². The first kappa shape index (κ1) is 23.9. The highest BCUT2D eigenvalue weighted by Gasteiger charge is 2.45. The summed E-state index contributed by atoms with van der Waals surface area (Å²) >= 11 is 0. The molecule has 1 N–H and O–H groups in total. The van der Waals surface area contributed by atoms with Crippen LogP contribution in [0, 0.1) is 5.41 Å². The first-order valence-electron chi connectivity index (χ1n) is 12.2. The number of nitrogens with one attached hydrogen (secondary N) is 1. The Morgan fingerprint density at radius 2 is 1.89 bits per heavy atom. The van der Waals surface area contributed by atoms with Crippen molar-refractivity contribution in [1.82, 2.24) is 29.6 Å². The van der Waals surface area contributed by atoms with E-state index in [1.807, 2.05) is 10.9 Å². The maximum Gasteiger partial charge on any atom is 0.573 e. The highest BCUT2D eigenvalue weighted by atomic mass is 19.4. The molecule has 37 heavy (non-hydrogen) atoms. The first-order chi connectivity index (χ1) is 17.7. The Morgan fingerprint density at radius 1 is 1.11 bits per heavy atom. The number of anilines is 3. The fourth-order valence-corrected chi connectivity index (χ4v) is 4.96. The molecular weight excluding hydrogens is 489 g/mol. The molecule has 3 saturated heterocycles. The number of hydrogen-bond donors (Lipinski definition) is 1. The lowest BCUT2D eigenvalue weighted by Crippen LogP contribution is -2.60. The number of aromatic nitrogens is 5. The van der Waals surface area contributed by atoms with E-state index >= 15 is 0 Å². The minimum absolute atomic E-state index is 0.176. The predicted molar refractivity (Wildman–Crippen MR) is 129 cm³/mol. The van der Waals surface area contributed by atoms with Crippen LogP contribution in [0.25, 0.3) is 11.4 Å². The van der Waals surface area contributed by atoms with Gasteiger partial charge < -0.3 is 24.6 Å². The van der Waals surface area contributed by atoms with Crippen LogP contribution in [-0.4, -0.2) is 82.4 Å². The third-order valence-electron chi connectivity index (χ3n) is 7.21. The van der Waals surface area contributed by atoms with Gasteiger partial charge in [-0.3, -0.25) is 4.68 Å². The van der Waals surface area contributed by atoms with Crippen molar-refractivity contribution >= 4 is 17.5 Å². The number of ether oxygens (including phenoxy) is 2. The largest absolute Gasteiger partial charge is 0.573 e. The number of piperidine rings is 1. The number of rotatable bonds is 6. The molecule has 6 rings (SSSR count). The molecule has 0 radical (unpaired) electrons. The fraction of sp³-hybridized carbons (Fsp3) is 0.500. The van der Waals surface area contributed by atoms with Crippen LogP contribution in [0.1, 0.15) is 18.9 Å². The second kappa shape index (κ2) is 9.14. The van der Waals surface area contributed by atoms with Gasteiger partial charge in [-0.2, -0.15) is 5.10 Å². The molecule has 0 unspecified atom stereocenters. The summed E-state index contributed by atoms with van der Waals surface area (Å²) in [5.41, 5.74) is 1.04. The van der Waals surface area contributed by atoms with Crippen LogP contribution in [0.5, 0.6) is 5.75 Å². The third-order valence-corrected chi connectivity index (χ3v) is 7.21. The van der Waals surface area contributed by atoms with Gasteiger partial charge in [-0.05, 0) is 39.0 Å². The molecular formula is C24H27F3N8O2. The molecule has 3 aromatic heterocycles. The second-order valence-corrected chi connectivity index (χ2v) is 10.0. The normalized spacial score (nSPS) is 19.9. The van der Waals surface area contributed by atoms with Crippen LogP contribution < -0.4 is 15.0 Å². The fourth-order valence-electron chi connectivity index (χ4n) is 4.96. The van der Waals surface area contributed by atoms with Gasteiger partial charge >= 0.3 is 6.36 Å². The Bertz CT molecular complexity index is 1260. The van der Waals surface area contributed by atoms with Crippen molar-refractivity contribution in [2.45, 2.75) is 25.2 Å². The van der Waals surface area contributed by atoms with E-state index in [-0.39, 0.29) is 17.6 Å². The lowest BCUT2D eigenvalue weighted by molar-refractivity contribution is -0.274. The molecule has 3 aromatic rings. The van der Waals surface area contributed by atoms with Gasteiger partial charge in [-0.25, -0.2) is 15.0 Å². The minimum atomic E-state index is -4.79. The van der Waals surface area contributed by atoms with Gasteiger partial charge in [-0.1, -0.05) is 0 Å². The zero-order valence-electron chi connectivity index (χ0n) is 20.3. The number of nitrogens with zero attached hydrogens (tertiary/aromatic N) is 7. The summed E-state index contributed by atoms with van der Waals surface area (Å²) in [4.78, 5) is 18.2. The maximum absolute atomic E-state index is 12.7. The van der Waals surface area contributed by atoms with Crippen LogP contribution in [0.15, 0.2) is 36.8 Å². The summed E-state index contributed by atoms with van der Waals surface area (Å²) in [5.74, 6) is 1.45. The molecule has 196 valence electrons. The molecule has 6 heterocycles. The van der Waals surface area contributed by atoms with Crippen LogP contribution in [0.2, 0.25) is 0 Å². The van der Waals surface area contributed by atoms with E-state index in [0.717, 1.165) is 56.5 Å². The van der Waals surface area contributed by atoms with Crippen molar-refractivity contribution in [3.8, 4) is 17.1 Å². The molecule has 0 amide bonds. The summed E-state index contributed by atoms with van der Waals surface area (Å²) in [6.45, 7) is 5.21. The SMILES string of the molecule is CN1CCC2(CC1)CN(c1cc(Nc3cc(OC(F)(F)F)ccn3)nc(-c3cnn(C4COC4)c3)n1)C2. The van der Waals surface area contributed by atoms with Gasteiger partial charge in [0.15, 0.2) is 5.82 Å². The van der Waals surface area contributed by atoms with Crippen LogP contribution in [0.3, 0.4) is 0 Å². The Morgan fingerprint density at radius 3 is 2.59 bits per heavy atom. The van der Waals surface area contributed by atoms with Crippen molar-refractivity contribution in [2.24, 2.45) is 5.41 Å². The molecule has 3 fully saturated rings. The van der Waals surface area contributed by atoms with Crippen molar-refractivity contribution in [1.29, 1.82) is 0 Å². The molecule has 3 aliphatic heterocycles. The van der Waals surface area contributed by atoms with Gasteiger partial charge in [0.25, 0.3) is 0 Å². The maximum atomic E-state index is 12.7. The second-order valence-electron chi connectivity index (χ2n) is 10.0. The summed E-state index contributed by atoms with van der Waals surface area (Å²) < 4.78 is 49.2. The lowest BCUT2D eigenvalue weighted by atomic mass is 9.72. The predicted octanol–water partition coefficient (Wildman–Crippen LogP) is 3.48. The van der Waals surface area contributed by atoms with Crippen LogP contribution in [-0.2, 0) is 4.74 Å². The van der Waals surface area contributed by atoms with Gasteiger partial charge in [0.2, 0.25) is 0 Å². The zero-order chi connectivity index (χ0) is 25.6. The van der Waals surface area contributed by atoms with Gasteiger partial charge in [0.1, 0.15) is 23.2 Å². The highest BCUT2D eigenvalue weighted by molar-refractivity contribution is 5.64. The summed E-state index contributed by atoms with van der Waals surface area (Å²) in [5, 5.41) is 7.46. The molecule has 1 spiro atoms. The number of alkyl halides is 3. The van der Waals surface area contributed by atoms with E-state index in [1.54, 1.807) is 12.3 Å². The molecule has 0 bridgehead atoms. The molecule has 10 nitrogen and oxygen atoms in total. The lowest BCUT2D eigenvalue weighted by Gasteiger charge is -2.54. The van der Waals surface area contributed by atoms with Crippen LogP contribution in [0.4, 0.5) is 30.6 Å². The molecule has 0 saturated carbocycles. The Hall–Kier alpha value is -3.45. The van der Waals surface area contributed by atoms with Gasteiger partial charge in [0, 0.05) is 43.0 Å². The monoisotopic (exact) mass is 516 g/mol. The van der Waals surface area contributed by atoms with E-state index in [0.29, 0.717) is 30.3 Å². The molecule has 0 atom stereocenters. The average molecular weight is 517 g/mol. The smallest absolute Gasteiger partial charge is 0.406 e. The Labute approximate surface area is 211 Å².